The van der Waals surface area contributed by atoms with Gasteiger partial charge >= 0.3 is 109 Å². The Hall–Kier alpha value is -1.10. The molecule has 79 valence electrons. The third-order valence-corrected chi connectivity index (χ3v) is 3.31. The molecule has 0 unspecified atom stereocenters. The van der Waals surface area contributed by atoms with Crippen LogP contribution in [0.25, 0.3) is 0 Å². The number of hydrogen-bond donors (Lipinski definition) is 0. The predicted molar refractivity (Wildman–Crippen MR) is 68.9 cm³/mol. The number of aliphatic imine (C=N–C) groups is 1. The zero-order valence-corrected chi connectivity index (χ0v) is 11.2. The Kier molecular flexibility index (Phi) is 4.16. The molecule has 0 aliphatic heterocycles. The van der Waals surface area contributed by atoms with Gasteiger partial charge in [0.2, 0.25) is 0 Å². The molecule has 0 bridgehead atoms. The third kappa shape index (κ3) is 3.20. The van der Waals surface area contributed by atoms with Gasteiger partial charge in [0, 0.05) is 0 Å². The van der Waals surface area contributed by atoms with Crippen LogP contribution in [0, 0.1) is 0 Å². The number of hydrogen-bond acceptors (Lipinski definition) is 1. The number of benzene rings is 2. The van der Waals surface area contributed by atoms with Gasteiger partial charge < -0.3 is 0 Å². The van der Waals surface area contributed by atoms with E-state index in [4.69, 9.17) is 0 Å². The van der Waals surface area contributed by atoms with E-state index in [9.17, 15) is 0 Å². The normalized spacial score (nSPS) is 11.4. The molecule has 2 heteroatoms. The second-order valence-electron chi connectivity index (χ2n) is 3.47. The van der Waals surface area contributed by atoms with Crippen molar-refractivity contribution in [3.63, 3.8) is 0 Å². The Morgan fingerprint density at radius 3 is 2.06 bits per heavy atom. The summed E-state index contributed by atoms with van der Waals surface area (Å²) in [4.78, 5) is 4.59. The first-order valence-electron chi connectivity index (χ1n) is 5.17. The predicted octanol–water partition coefficient (Wildman–Crippen LogP) is 2.80. The summed E-state index contributed by atoms with van der Waals surface area (Å²) in [5, 5.41) is 0. The molecule has 0 aliphatic rings. The van der Waals surface area contributed by atoms with Crippen molar-refractivity contribution in [2.75, 3.05) is 0 Å². The molecule has 0 saturated heterocycles. The SMILES string of the molecule is [Te]C(=NCc1ccccc1)c1ccccc1. The van der Waals surface area contributed by atoms with Crippen LogP contribution in [0.4, 0.5) is 0 Å². The van der Waals surface area contributed by atoms with Crippen LogP contribution in [0.3, 0.4) is 0 Å². The summed E-state index contributed by atoms with van der Waals surface area (Å²) >= 11 is 1.98. The number of nitrogens with zero attached hydrogens (tertiary/aromatic N) is 1. The average molecular weight is 322 g/mol. The molecule has 16 heavy (non-hydrogen) atoms. The van der Waals surface area contributed by atoms with Crippen LogP contribution in [-0.4, -0.2) is 26.1 Å². The van der Waals surface area contributed by atoms with Gasteiger partial charge in [0.15, 0.2) is 0 Å². The summed E-state index contributed by atoms with van der Waals surface area (Å²) in [6.45, 7) is 0.754. The zero-order valence-electron chi connectivity index (χ0n) is 8.84. The molecule has 0 aromatic heterocycles. The van der Waals surface area contributed by atoms with Gasteiger partial charge in [0.1, 0.15) is 0 Å². The Labute approximate surface area is 109 Å². The molecule has 0 amide bonds. The number of rotatable bonds is 3. The van der Waals surface area contributed by atoms with E-state index in [2.05, 4.69) is 29.3 Å². The van der Waals surface area contributed by atoms with Crippen LogP contribution >= 0.6 is 0 Å². The molecule has 0 spiro atoms. The van der Waals surface area contributed by atoms with Crippen LogP contribution in [0.1, 0.15) is 11.1 Å². The Morgan fingerprint density at radius 1 is 0.875 bits per heavy atom. The fraction of sp³-hybridized carbons (Fsp3) is 0.0714. The Morgan fingerprint density at radius 2 is 1.44 bits per heavy atom. The van der Waals surface area contributed by atoms with Gasteiger partial charge in [-0.2, -0.15) is 0 Å². The van der Waals surface area contributed by atoms with Crippen LogP contribution in [0.15, 0.2) is 65.7 Å². The molecule has 0 saturated carbocycles. The quantitative estimate of drug-likeness (QED) is 0.609. The standard InChI is InChI=1S/C14H12NTe/c16-14(13-9-5-2-6-10-13)15-11-12-7-3-1-4-8-12/h1-10H,11H2. The Balaban J connectivity index is 2.09. The maximum absolute atomic E-state index is 4.59. The summed E-state index contributed by atoms with van der Waals surface area (Å²) < 4.78 is 1.10. The fourth-order valence-electron chi connectivity index (χ4n) is 1.42. The van der Waals surface area contributed by atoms with E-state index in [0.717, 1.165) is 10.3 Å². The van der Waals surface area contributed by atoms with Crippen molar-refractivity contribution in [3.8, 4) is 0 Å². The molecule has 0 fully saturated rings. The third-order valence-electron chi connectivity index (χ3n) is 2.27. The van der Waals surface area contributed by atoms with Crippen LogP contribution < -0.4 is 0 Å². The van der Waals surface area contributed by atoms with Crippen molar-refractivity contribution in [1.29, 1.82) is 0 Å². The minimum absolute atomic E-state index is 0.754. The van der Waals surface area contributed by atoms with E-state index in [-0.39, 0.29) is 0 Å². The van der Waals surface area contributed by atoms with Crippen LogP contribution in [0.5, 0.6) is 0 Å². The van der Waals surface area contributed by atoms with E-state index in [0.29, 0.717) is 0 Å². The molecule has 2 aromatic rings. The Bertz CT molecular complexity index is 463. The molecule has 2 aromatic carbocycles. The summed E-state index contributed by atoms with van der Waals surface area (Å²) in [6.07, 6.45) is 0. The summed E-state index contributed by atoms with van der Waals surface area (Å²) in [7, 11) is 0. The minimum atomic E-state index is 0.754. The molecule has 2 rings (SSSR count). The van der Waals surface area contributed by atoms with Crippen molar-refractivity contribution in [2.24, 2.45) is 4.99 Å². The summed E-state index contributed by atoms with van der Waals surface area (Å²) in [6, 6.07) is 20.6. The molecular formula is C14H12NTe. The van der Waals surface area contributed by atoms with Crippen LogP contribution in [-0.2, 0) is 6.54 Å². The topological polar surface area (TPSA) is 12.4 Å². The van der Waals surface area contributed by atoms with Gasteiger partial charge in [-0.1, -0.05) is 0 Å². The summed E-state index contributed by atoms with van der Waals surface area (Å²) in [5.74, 6) is 0. The van der Waals surface area contributed by atoms with E-state index in [1.807, 2.05) is 58.7 Å². The molecule has 0 heterocycles. The van der Waals surface area contributed by atoms with Crippen molar-refractivity contribution in [1.82, 2.24) is 0 Å². The van der Waals surface area contributed by atoms with E-state index >= 15 is 0 Å². The van der Waals surface area contributed by atoms with E-state index < -0.39 is 0 Å². The molecule has 1 nitrogen and oxygen atoms in total. The first-order valence-corrected chi connectivity index (χ1v) is 6.33. The first kappa shape index (κ1) is 11.4. The van der Waals surface area contributed by atoms with Crippen molar-refractivity contribution in [2.45, 2.75) is 6.54 Å². The van der Waals surface area contributed by atoms with Crippen LogP contribution in [0.2, 0.25) is 0 Å². The van der Waals surface area contributed by atoms with Gasteiger partial charge in [-0.3, -0.25) is 0 Å². The molecule has 0 atom stereocenters. The second-order valence-corrected chi connectivity index (χ2v) is 4.58. The fourth-order valence-corrected chi connectivity index (χ4v) is 1.99. The molecule has 1 radical (unpaired) electrons. The first-order chi connectivity index (χ1) is 7.86. The second kappa shape index (κ2) is 5.84. The van der Waals surface area contributed by atoms with Gasteiger partial charge in [-0.25, -0.2) is 0 Å². The summed E-state index contributed by atoms with van der Waals surface area (Å²) in [5.41, 5.74) is 2.45. The molecule has 0 N–H and O–H groups in total. The molecule has 0 aliphatic carbocycles. The zero-order chi connectivity index (χ0) is 11.2. The van der Waals surface area contributed by atoms with Crippen molar-refractivity contribution in [3.05, 3.63) is 71.8 Å². The monoisotopic (exact) mass is 324 g/mol. The van der Waals surface area contributed by atoms with Gasteiger partial charge in [0.25, 0.3) is 0 Å². The van der Waals surface area contributed by atoms with Gasteiger partial charge in [-0.05, 0) is 0 Å². The van der Waals surface area contributed by atoms with E-state index in [1.54, 1.807) is 0 Å². The van der Waals surface area contributed by atoms with E-state index in [1.165, 1.54) is 11.1 Å². The average Bonchev–Trinajstić information content (AvgIpc) is 2.38. The van der Waals surface area contributed by atoms with Gasteiger partial charge in [-0.15, -0.1) is 0 Å². The van der Waals surface area contributed by atoms with Gasteiger partial charge in [0.05, 0.1) is 0 Å². The van der Waals surface area contributed by atoms with Crippen molar-refractivity contribution >= 4 is 26.1 Å². The maximum atomic E-state index is 4.59. The van der Waals surface area contributed by atoms with Crippen molar-refractivity contribution < 1.29 is 0 Å². The molecular weight excluding hydrogens is 310 g/mol.